The number of rotatable bonds is 2. The largest absolute Gasteiger partial charge is 0.298 e. The second-order valence-electron chi connectivity index (χ2n) is 3.99. The Bertz CT molecular complexity index is 697. The van der Waals surface area contributed by atoms with Gasteiger partial charge in [-0.05, 0) is 36.1 Å². The Kier molecular flexibility index (Phi) is 4.49. The van der Waals surface area contributed by atoms with Crippen LogP contribution in [0.1, 0.15) is 31.8 Å². The van der Waals surface area contributed by atoms with Gasteiger partial charge in [-0.3, -0.25) is 9.59 Å². The number of carbonyl (C=O) groups excluding carboxylic acids is 2. The van der Waals surface area contributed by atoms with Crippen molar-refractivity contribution in [2.45, 2.75) is 0 Å². The molecule has 0 aliphatic carbocycles. The predicted octanol–water partition coefficient (Wildman–Crippen LogP) is 2.71. The minimum Gasteiger partial charge on any atom is -0.298 e. The second kappa shape index (κ2) is 6.73. The molecule has 0 saturated carbocycles. The molecule has 2 aromatic rings. The first-order valence-corrected chi connectivity index (χ1v) is 5.94. The van der Waals surface area contributed by atoms with Gasteiger partial charge in [0.15, 0.2) is 0 Å². The van der Waals surface area contributed by atoms with E-state index in [0.29, 0.717) is 11.1 Å². The summed E-state index contributed by atoms with van der Waals surface area (Å²) < 4.78 is 0. The summed E-state index contributed by atoms with van der Waals surface area (Å²) >= 11 is 0. The van der Waals surface area contributed by atoms with Crippen LogP contribution in [0.15, 0.2) is 48.5 Å². The van der Waals surface area contributed by atoms with Crippen molar-refractivity contribution in [1.29, 1.82) is 0 Å². The van der Waals surface area contributed by atoms with Crippen LogP contribution in [-0.4, -0.2) is 12.6 Å². The van der Waals surface area contributed by atoms with Crippen LogP contribution in [-0.2, 0) is 0 Å². The van der Waals surface area contributed by atoms with Crippen LogP contribution in [0.5, 0.6) is 0 Å². The highest BCUT2D eigenvalue weighted by Crippen LogP contribution is 2.02. The minimum atomic E-state index is 0.587. The fourth-order valence-corrected chi connectivity index (χ4v) is 1.59. The van der Waals surface area contributed by atoms with Gasteiger partial charge in [0, 0.05) is 22.3 Å². The molecule has 0 N–H and O–H groups in total. The summed E-state index contributed by atoms with van der Waals surface area (Å²) in [6, 6.07) is 14.0. The van der Waals surface area contributed by atoms with Gasteiger partial charge in [-0.1, -0.05) is 36.1 Å². The fourth-order valence-electron chi connectivity index (χ4n) is 1.59. The molecular weight excluding hydrogens is 248 g/mol. The van der Waals surface area contributed by atoms with Crippen molar-refractivity contribution in [2.24, 2.45) is 0 Å². The minimum absolute atomic E-state index is 0.587. The molecule has 0 fully saturated rings. The summed E-state index contributed by atoms with van der Waals surface area (Å²) in [4.78, 5) is 21.3. The summed E-state index contributed by atoms with van der Waals surface area (Å²) in [7, 11) is 0. The van der Waals surface area contributed by atoms with E-state index in [1.54, 1.807) is 36.4 Å². The number of aldehydes is 2. The van der Waals surface area contributed by atoms with Crippen molar-refractivity contribution in [3.05, 3.63) is 70.8 Å². The third-order valence-corrected chi connectivity index (χ3v) is 2.52. The van der Waals surface area contributed by atoms with E-state index in [0.717, 1.165) is 23.7 Å². The molecule has 0 aromatic heterocycles. The van der Waals surface area contributed by atoms with Crippen molar-refractivity contribution < 1.29 is 9.59 Å². The molecule has 0 unspecified atom stereocenters. The van der Waals surface area contributed by atoms with Gasteiger partial charge in [0.25, 0.3) is 0 Å². The van der Waals surface area contributed by atoms with E-state index in [1.165, 1.54) is 0 Å². The van der Waals surface area contributed by atoms with Crippen molar-refractivity contribution in [3.63, 3.8) is 0 Å². The molecule has 0 aliphatic rings. The van der Waals surface area contributed by atoms with Gasteiger partial charge < -0.3 is 0 Å². The van der Waals surface area contributed by atoms with Gasteiger partial charge in [-0.25, -0.2) is 0 Å². The van der Waals surface area contributed by atoms with Crippen molar-refractivity contribution in [1.82, 2.24) is 0 Å². The maximum absolute atomic E-state index is 10.6. The van der Waals surface area contributed by atoms with E-state index in [-0.39, 0.29) is 0 Å². The van der Waals surface area contributed by atoms with E-state index >= 15 is 0 Å². The molecule has 0 heterocycles. The van der Waals surface area contributed by atoms with Crippen LogP contribution in [0.3, 0.4) is 0 Å². The van der Waals surface area contributed by atoms with Crippen LogP contribution < -0.4 is 0 Å². The smallest absolute Gasteiger partial charge is 0.150 e. The molecule has 0 spiro atoms. The summed E-state index contributed by atoms with van der Waals surface area (Å²) in [6.07, 6.45) is 1.56. The third kappa shape index (κ3) is 3.70. The van der Waals surface area contributed by atoms with E-state index in [4.69, 9.17) is 0 Å². The molecule has 0 amide bonds. The normalized spacial score (nSPS) is 8.60. The van der Waals surface area contributed by atoms with Gasteiger partial charge in [0.2, 0.25) is 0 Å². The SMILES string of the molecule is O=Cc1cccc(C#CC#Cc2cccc(C=O)c2)c1. The zero-order valence-corrected chi connectivity index (χ0v) is 10.6. The van der Waals surface area contributed by atoms with Gasteiger partial charge in [-0.2, -0.15) is 0 Å². The molecule has 0 aliphatic heterocycles. The lowest BCUT2D eigenvalue weighted by Gasteiger charge is -1.90. The lowest BCUT2D eigenvalue weighted by molar-refractivity contribution is 0.111. The highest BCUT2D eigenvalue weighted by molar-refractivity contribution is 5.76. The monoisotopic (exact) mass is 258 g/mol. The Morgan fingerprint density at radius 2 is 1.15 bits per heavy atom. The molecule has 0 bridgehead atoms. The first kappa shape index (κ1) is 13.3. The average Bonchev–Trinajstić information content (AvgIpc) is 2.52. The lowest BCUT2D eigenvalue weighted by Crippen LogP contribution is -1.81. The fraction of sp³-hybridized carbons (Fsp3) is 0. The van der Waals surface area contributed by atoms with E-state index in [2.05, 4.69) is 23.7 Å². The number of benzene rings is 2. The number of hydrogen-bond acceptors (Lipinski definition) is 2. The zero-order chi connectivity index (χ0) is 14.2. The molecule has 94 valence electrons. The van der Waals surface area contributed by atoms with Gasteiger partial charge in [-0.15, -0.1) is 0 Å². The first-order chi connectivity index (χ1) is 9.81. The van der Waals surface area contributed by atoms with Crippen molar-refractivity contribution >= 4 is 12.6 Å². The molecular formula is C18H10O2. The Morgan fingerprint density at radius 1 is 0.700 bits per heavy atom. The molecule has 0 saturated heterocycles. The van der Waals surface area contributed by atoms with Gasteiger partial charge >= 0.3 is 0 Å². The quantitative estimate of drug-likeness (QED) is 0.613. The molecule has 2 heteroatoms. The topological polar surface area (TPSA) is 34.1 Å². The highest BCUT2D eigenvalue weighted by atomic mass is 16.1. The maximum atomic E-state index is 10.6. The Morgan fingerprint density at radius 3 is 1.55 bits per heavy atom. The summed E-state index contributed by atoms with van der Waals surface area (Å²) in [5.41, 5.74) is 2.66. The molecule has 2 aromatic carbocycles. The molecule has 0 atom stereocenters. The maximum Gasteiger partial charge on any atom is 0.150 e. The predicted molar refractivity (Wildman–Crippen MR) is 77.4 cm³/mol. The van der Waals surface area contributed by atoms with E-state index in [9.17, 15) is 9.59 Å². The Labute approximate surface area is 117 Å². The van der Waals surface area contributed by atoms with Crippen LogP contribution in [0.4, 0.5) is 0 Å². The van der Waals surface area contributed by atoms with Crippen LogP contribution in [0.25, 0.3) is 0 Å². The number of carbonyl (C=O) groups is 2. The third-order valence-electron chi connectivity index (χ3n) is 2.52. The standard InChI is InChI=1S/C18H10O2/c19-13-17-9-3-7-15(11-17)5-1-2-6-16-8-4-10-18(12-16)14-20/h3-4,7-14H. The van der Waals surface area contributed by atoms with Crippen LogP contribution in [0, 0.1) is 23.7 Å². The second-order valence-corrected chi connectivity index (χ2v) is 3.99. The molecule has 2 nitrogen and oxygen atoms in total. The lowest BCUT2D eigenvalue weighted by atomic mass is 10.1. The average molecular weight is 258 g/mol. The van der Waals surface area contributed by atoms with Crippen molar-refractivity contribution in [3.8, 4) is 23.7 Å². The van der Waals surface area contributed by atoms with Gasteiger partial charge in [0.05, 0.1) is 0 Å². The van der Waals surface area contributed by atoms with Gasteiger partial charge in [0.1, 0.15) is 12.6 Å². The van der Waals surface area contributed by atoms with Crippen LogP contribution >= 0.6 is 0 Å². The summed E-state index contributed by atoms with van der Waals surface area (Å²) in [5, 5.41) is 0. The molecule has 0 radical (unpaired) electrons. The van der Waals surface area contributed by atoms with Crippen LogP contribution in [0.2, 0.25) is 0 Å². The highest BCUT2D eigenvalue weighted by Gasteiger charge is 1.91. The number of hydrogen-bond donors (Lipinski definition) is 0. The summed E-state index contributed by atoms with van der Waals surface area (Å²) in [5.74, 6) is 11.2. The Balaban J connectivity index is 2.16. The first-order valence-electron chi connectivity index (χ1n) is 5.94. The zero-order valence-electron chi connectivity index (χ0n) is 10.6. The summed E-state index contributed by atoms with van der Waals surface area (Å²) in [6.45, 7) is 0. The molecule has 2 rings (SSSR count). The Hall–Kier alpha value is -3.10. The van der Waals surface area contributed by atoms with E-state index in [1.807, 2.05) is 12.1 Å². The van der Waals surface area contributed by atoms with E-state index < -0.39 is 0 Å². The van der Waals surface area contributed by atoms with Crippen molar-refractivity contribution in [2.75, 3.05) is 0 Å². The molecule has 20 heavy (non-hydrogen) atoms.